The Morgan fingerprint density at radius 2 is 1.38 bits per heavy atom. The van der Waals surface area contributed by atoms with E-state index in [2.05, 4.69) is 20.8 Å². The highest BCUT2D eigenvalue weighted by atomic mass is 16.3. The van der Waals surface area contributed by atoms with Gasteiger partial charge in [0.05, 0.1) is 6.10 Å². The maximum atomic E-state index is 10.2. The monoisotopic (exact) mass is 182 g/mol. The van der Waals surface area contributed by atoms with Crippen LogP contribution in [-0.2, 0) is 0 Å². The van der Waals surface area contributed by atoms with Crippen molar-refractivity contribution < 1.29 is 5.11 Å². The van der Waals surface area contributed by atoms with Gasteiger partial charge in [0.25, 0.3) is 0 Å². The molecule has 0 heterocycles. The summed E-state index contributed by atoms with van der Waals surface area (Å²) in [6.45, 7) is 6.84. The highest BCUT2D eigenvalue weighted by Crippen LogP contribution is 2.51. The Morgan fingerprint density at radius 1 is 0.923 bits per heavy atom. The van der Waals surface area contributed by atoms with E-state index in [1.54, 1.807) is 0 Å². The molecule has 0 radical (unpaired) electrons. The summed E-state index contributed by atoms with van der Waals surface area (Å²) in [5.41, 5.74) is 0.295. The van der Waals surface area contributed by atoms with Gasteiger partial charge in [-0.15, -0.1) is 0 Å². The Morgan fingerprint density at radius 3 is 1.69 bits per heavy atom. The normalized spacial score (nSPS) is 45.2. The third-order valence-corrected chi connectivity index (χ3v) is 4.18. The maximum Gasteiger partial charge on any atom is 0.0604 e. The highest BCUT2D eigenvalue weighted by Gasteiger charge is 2.47. The molecule has 3 aliphatic rings. The van der Waals surface area contributed by atoms with Crippen LogP contribution in [0.2, 0.25) is 0 Å². The number of aliphatic hydroxyl groups is 1. The van der Waals surface area contributed by atoms with Crippen molar-refractivity contribution in [3.05, 3.63) is 0 Å². The van der Waals surface area contributed by atoms with Gasteiger partial charge in [0.1, 0.15) is 0 Å². The Labute approximate surface area is 81.5 Å². The molecule has 3 saturated carbocycles. The van der Waals surface area contributed by atoms with Crippen molar-refractivity contribution in [3.63, 3.8) is 0 Å². The molecule has 2 bridgehead atoms. The topological polar surface area (TPSA) is 20.2 Å². The van der Waals surface area contributed by atoms with Crippen molar-refractivity contribution in [2.24, 2.45) is 23.2 Å². The van der Waals surface area contributed by atoms with Crippen LogP contribution in [0.3, 0.4) is 0 Å². The zero-order valence-electron chi connectivity index (χ0n) is 9.09. The molecule has 13 heavy (non-hydrogen) atoms. The quantitative estimate of drug-likeness (QED) is 0.611. The Bertz CT molecular complexity index is 182. The lowest BCUT2D eigenvalue weighted by molar-refractivity contribution is -0.0984. The molecule has 0 aromatic carbocycles. The van der Waals surface area contributed by atoms with Crippen LogP contribution in [0.5, 0.6) is 0 Å². The van der Waals surface area contributed by atoms with Crippen molar-refractivity contribution in [3.8, 4) is 0 Å². The van der Waals surface area contributed by atoms with Gasteiger partial charge in [-0.25, -0.2) is 0 Å². The lowest BCUT2D eigenvalue weighted by atomic mass is 9.56. The molecular weight excluding hydrogens is 160 g/mol. The smallest absolute Gasteiger partial charge is 0.0604 e. The lowest BCUT2D eigenvalue weighted by Gasteiger charge is -2.51. The van der Waals surface area contributed by atoms with Crippen LogP contribution in [0, 0.1) is 23.2 Å². The van der Waals surface area contributed by atoms with Crippen molar-refractivity contribution in [1.29, 1.82) is 0 Å². The average Bonchev–Trinajstić information content (AvgIpc) is 2.03. The molecule has 0 amide bonds. The number of rotatable bonds is 0. The van der Waals surface area contributed by atoms with E-state index in [0.717, 1.165) is 5.92 Å². The van der Waals surface area contributed by atoms with Crippen LogP contribution < -0.4 is 0 Å². The first-order chi connectivity index (χ1) is 6.00. The first-order valence-corrected chi connectivity index (χ1v) is 5.68. The predicted molar refractivity (Wildman–Crippen MR) is 54.4 cm³/mol. The Kier molecular flexibility index (Phi) is 2.18. The summed E-state index contributed by atoms with van der Waals surface area (Å²) >= 11 is 0. The Hall–Kier alpha value is -0.0400. The van der Waals surface area contributed by atoms with E-state index in [0.29, 0.717) is 17.3 Å². The van der Waals surface area contributed by atoms with Gasteiger partial charge in [-0.2, -0.15) is 0 Å². The summed E-state index contributed by atoms with van der Waals surface area (Å²) < 4.78 is 0. The molecule has 1 nitrogen and oxygen atoms in total. The van der Waals surface area contributed by atoms with E-state index < -0.39 is 0 Å². The molecular formula is C12H22O. The van der Waals surface area contributed by atoms with Crippen LogP contribution >= 0.6 is 0 Å². The number of hydrogen-bond donors (Lipinski definition) is 1. The summed E-state index contributed by atoms with van der Waals surface area (Å²) in [5.74, 6) is 1.98. The lowest BCUT2D eigenvalue weighted by Crippen LogP contribution is -2.49. The van der Waals surface area contributed by atoms with Crippen LogP contribution in [-0.4, -0.2) is 11.2 Å². The second-order valence-corrected chi connectivity index (χ2v) is 6.06. The third kappa shape index (κ3) is 1.52. The largest absolute Gasteiger partial charge is 0.393 e. The number of hydrogen-bond acceptors (Lipinski definition) is 1. The molecule has 0 aromatic rings. The zero-order chi connectivity index (χ0) is 9.64. The molecule has 0 unspecified atom stereocenters. The van der Waals surface area contributed by atoms with Gasteiger partial charge < -0.3 is 5.11 Å². The van der Waals surface area contributed by atoms with Gasteiger partial charge in [0.15, 0.2) is 0 Å². The second kappa shape index (κ2) is 2.98. The predicted octanol–water partition coefficient (Wildman–Crippen LogP) is 2.83. The van der Waals surface area contributed by atoms with Gasteiger partial charge in [-0.3, -0.25) is 0 Å². The fourth-order valence-electron chi connectivity index (χ4n) is 3.64. The van der Waals surface area contributed by atoms with Crippen LogP contribution in [0.25, 0.3) is 0 Å². The van der Waals surface area contributed by atoms with Gasteiger partial charge in [-0.1, -0.05) is 20.8 Å². The molecule has 76 valence electrons. The summed E-state index contributed by atoms with van der Waals surface area (Å²) in [5, 5.41) is 10.2. The molecule has 1 N–H and O–H groups in total. The minimum atomic E-state index is -0.00694. The molecule has 3 fully saturated rings. The van der Waals surface area contributed by atoms with Gasteiger partial charge in [0, 0.05) is 0 Å². The van der Waals surface area contributed by atoms with Gasteiger partial charge >= 0.3 is 0 Å². The maximum absolute atomic E-state index is 10.2. The van der Waals surface area contributed by atoms with Crippen molar-refractivity contribution in [1.82, 2.24) is 0 Å². The van der Waals surface area contributed by atoms with Crippen LogP contribution in [0.1, 0.15) is 46.5 Å². The highest BCUT2D eigenvalue weighted by molar-refractivity contribution is 4.97. The average molecular weight is 182 g/mol. The van der Waals surface area contributed by atoms with Gasteiger partial charge in [0.2, 0.25) is 0 Å². The summed E-state index contributed by atoms with van der Waals surface area (Å²) in [6, 6.07) is 0. The number of aliphatic hydroxyl groups excluding tert-OH is 1. The van der Waals surface area contributed by atoms with Crippen LogP contribution in [0.15, 0.2) is 0 Å². The van der Waals surface area contributed by atoms with E-state index in [1.165, 1.54) is 25.7 Å². The minimum absolute atomic E-state index is 0.00694. The third-order valence-electron chi connectivity index (χ3n) is 4.18. The summed E-state index contributed by atoms with van der Waals surface area (Å²) in [6.07, 6.45) is 5.27. The molecule has 3 aliphatic carbocycles. The zero-order valence-corrected chi connectivity index (χ0v) is 9.09. The standard InChI is InChI=1S/C12H22O/c1-12(2,3)10-8-4-6-9(7-5-8)11(10)13/h8-11,13H,4-7H2,1-3H3/t8?,9?,10-,11+/m1/s1. The fourth-order valence-corrected chi connectivity index (χ4v) is 3.64. The Balaban J connectivity index is 2.19. The molecule has 1 heteroatoms. The van der Waals surface area contributed by atoms with Crippen molar-refractivity contribution in [2.45, 2.75) is 52.6 Å². The van der Waals surface area contributed by atoms with Crippen LogP contribution in [0.4, 0.5) is 0 Å². The molecule has 0 aromatic heterocycles. The van der Waals surface area contributed by atoms with E-state index >= 15 is 0 Å². The first kappa shape index (κ1) is 9.51. The van der Waals surface area contributed by atoms with E-state index in [1.807, 2.05) is 0 Å². The van der Waals surface area contributed by atoms with Crippen molar-refractivity contribution in [2.75, 3.05) is 0 Å². The molecule has 0 spiro atoms. The SMILES string of the molecule is CC(C)(C)[C@@H]1C2CCC(CC2)[C@@H]1O. The fraction of sp³-hybridized carbons (Fsp3) is 1.00. The second-order valence-electron chi connectivity index (χ2n) is 6.06. The van der Waals surface area contributed by atoms with Crippen molar-refractivity contribution >= 4 is 0 Å². The molecule has 3 rings (SSSR count). The van der Waals surface area contributed by atoms with E-state index in [-0.39, 0.29) is 6.10 Å². The molecule has 0 aliphatic heterocycles. The van der Waals surface area contributed by atoms with Gasteiger partial charge in [-0.05, 0) is 48.9 Å². The first-order valence-electron chi connectivity index (χ1n) is 5.68. The van der Waals surface area contributed by atoms with E-state index in [4.69, 9.17) is 0 Å². The van der Waals surface area contributed by atoms with E-state index in [9.17, 15) is 5.11 Å². The summed E-state index contributed by atoms with van der Waals surface area (Å²) in [4.78, 5) is 0. The molecule has 2 atom stereocenters. The minimum Gasteiger partial charge on any atom is -0.393 e. The summed E-state index contributed by atoms with van der Waals surface area (Å²) in [7, 11) is 0. The number of fused-ring (bicyclic) bond motifs is 3. The molecule has 0 saturated heterocycles.